The Hall–Kier alpha value is -10.6. The van der Waals surface area contributed by atoms with E-state index in [2.05, 4.69) is 128 Å². The van der Waals surface area contributed by atoms with Crippen LogP contribution in [0.3, 0.4) is 0 Å². The number of methoxy groups -OCH3 is 2. The Morgan fingerprint density at radius 1 is 0.324 bits per heavy atom. The quantitative estimate of drug-likeness (QED) is 0.0571. The van der Waals surface area contributed by atoms with E-state index in [9.17, 15) is 29.7 Å². The number of phenolic OH excluding ortho intramolecular Hbond substituents is 3. The first kappa shape index (κ1) is 80.4. The number of aryl methyl sites for hydroxylation is 1. The molecule has 0 aliphatic carbocycles. The normalized spacial score (nSPS) is 10.4. The first-order valence-electron chi connectivity index (χ1n) is 31.0. The molecule has 0 unspecified atom stereocenters. The summed E-state index contributed by atoms with van der Waals surface area (Å²) in [6.45, 7) is 13.6. The van der Waals surface area contributed by atoms with Gasteiger partial charge in [-0.05, 0) is 232 Å². The Morgan fingerprint density at radius 2 is 0.618 bits per heavy atom. The van der Waals surface area contributed by atoms with Crippen molar-refractivity contribution < 1.29 is 58.1 Å². The van der Waals surface area contributed by atoms with E-state index in [0.717, 1.165) is 44.7 Å². The number of halogens is 6. The fraction of sp³-hybridized carbons (Fsp3) is 0.155. The molecule has 12 nitrogen and oxygen atoms in total. The van der Waals surface area contributed by atoms with E-state index in [1.165, 1.54) is 54.3 Å². The summed E-state index contributed by atoms with van der Waals surface area (Å²) in [7, 11) is 3.22. The molecule has 520 valence electrons. The summed E-state index contributed by atoms with van der Waals surface area (Å²) in [4.78, 5) is 32.6. The number of hydrogen-bond donors (Lipinski definition) is 3. The summed E-state index contributed by atoms with van der Waals surface area (Å²) in [6, 6.07) is 76.2. The lowest BCUT2D eigenvalue weighted by Crippen LogP contribution is -2.22. The molecule has 10 aromatic carbocycles. The van der Waals surface area contributed by atoms with Gasteiger partial charge in [-0.15, -0.1) is 0 Å². The van der Waals surface area contributed by atoms with Gasteiger partial charge in [-0.25, -0.2) is 4.79 Å². The van der Waals surface area contributed by atoms with E-state index in [-0.39, 0.29) is 34.3 Å². The molecule has 18 heteroatoms. The fourth-order valence-corrected chi connectivity index (χ4v) is 9.43. The van der Waals surface area contributed by atoms with Crippen LogP contribution in [0.1, 0.15) is 114 Å². The van der Waals surface area contributed by atoms with Crippen molar-refractivity contribution in [2.75, 3.05) is 14.2 Å². The highest BCUT2D eigenvalue weighted by Crippen LogP contribution is 2.36. The van der Waals surface area contributed by atoms with Crippen molar-refractivity contribution in [2.45, 2.75) is 67.3 Å². The van der Waals surface area contributed by atoms with Crippen molar-refractivity contribution >= 4 is 87.7 Å². The summed E-state index contributed by atoms with van der Waals surface area (Å²) < 4.78 is 24.1. The summed E-state index contributed by atoms with van der Waals surface area (Å²) in [5.41, 5.74) is 12.7. The summed E-state index contributed by atoms with van der Waals surface area (Å²) in [6.07, 6.45) is -1.41. The zero-order valence-corrected chi connectivity index (χ0v) is 61.4. The maximum atomic E-state index is 11.2. The maximum absolute atomic E-state index is 11.2. The van der Waals surface area contributed by atoms with Crippen LogP contribution < -0.4 is 18.9 Å². The van der Waals surface area contributed by atoms with Gasteiger partial charge in [0.05, 0.1) is 14.2 Å². The van der Waals surface area contributed by atoms with Gasteiger partial charge in [0.15, 0.2) is 0 Å². The molecule has 0 bridgehead atoms. The average molecular weight is 1480 g/mol. The van der Waals surface area contributed by atoms with Crippen molar-refractivity contribution in [3.8, 4) is 87.6 Å². The van der Waals surface area contributed by atoms with Gasteiger partial charge in [-0.2, -0.15) is 0 Å². The van der Waals surface area contributed by atoms with Gasteiger partial charge in [0.1, 0.15) is 40.2 Å². The predicted molar refractivity (Wildman–Crippen MR) is 406 cm³/mol. The van der Waals surface area contributed by atoms with Crippen LogP contribution in [0.5, 0.6) is 40.2 Å². The third kappa shape index (κ3) is 28.9. The Morgan fingerprint density at radius 3 is 0.961 bits per heavy atom. The number of rotatable bonds is 8. The van der Waals surface area contributed by atoms with Crippen LogP contribution in [-0.2, 0) is 29.9 Å². The number of carbonyl (C=O) groups excluding carboxylic acids is 3. The number of alkyl halides is 6. The van der Waals surface area contributed by atoms with Gasteiger partial charge in [0, 0.05) is 81.3 Å². The third-order valence-corrected chi connectivity index (χ3v) is 14.9. The van der Waals surface area contributed by atoms with Crippen LogP contribution in [0.2, 0.25) is 0 Å². The molecule has 0 atom stereocenters. The van der Waals surface area contributed by atoms with Crippen molar-refractivity contribution in [3.63, 3.8) is 0 Å². The molecule has 102 heavy (non-hydrogen) atoms. The Labute approximate surface area is 625 Å². The predicted octanol–water partition coefficient (Wildman–Crippen LogP) is 20.1. The molecule has 0 saturated carbocycles. The van der Waals surface area contributed by atoms with Crippen LogP contribution >= 0.6 is 69.6 Å². The monoisotopic (exact) mass is 1480 g/mol. The Bertz CT molecular complexity index is 4580. The van der Waals surface area contributed by atoms with E-state index in [0.29, 0.717) is 34.1 Å². The Kier molecular flexibility index (Phi) is 30.6. The van der Waals surface area contributed by atoms with Crippen molar-refractivity contribution in [1.29, 1.82) is 0 Å². The first-order valence-corrected chi connectivity index (χ1v) is 33.3. The molecule has 0 aliphatic rings. The van der Waals surface area contributed by atoms with Gasteiger partial charge in [-0.1, -0.05) is 178 Å². The van der Waals surface area contributed by atoms with Crippen LogP contribution in [0.15, 0.2) is 243 Å². The number of phenols is 3. The highest BCUT2D eigenvalue weighted by molar-refractivity contribution is 6.67. The smallest absolute Gasteiger partial charge is 0.508 e. The second-order valence-corrected chi connectivity index (χ2v) is 27.3. The second kappa shape index (κ2) is 38.8. The molecule has 0 saturated heterocycles. The minimum absolute atomic E-state index is 0.00849. The summed E-state index contributed by atoms with van der Waals surface area (Å²) >= 11 is 30.2. The van der Waals surface area contributed by atoms with Crippen molar-refractivity contribution in [1.82, 2.24) is 0 Å². The number of carbonyl (C=O) groups is 3. The van der Waals surface area contributed by atoms with Crippen LogP contribution in [0.4, 0.5) is 4.79 Å². The van der Waals surface area contributed by atoms with Crippen molar-refractivity contribution in [3.05, 3.63) is 315 Å². The standard InChI is InChI=1S/C25H18O3.C22H14O2.C18H20O3.C16H18O.C3Cl6O3/c1-19(26)28-25-17-23(16-24(18-25)27-2)15-14-22-12-10-21(11-13-22)9-8-20-6-4-3-5-7-20;23-21-14-20(15-22(24)16-21)13-12-19-10-8-18(9-11-19)7-6-17-4-2-1-3-5-17;1-13(19)21-17-11-7-15(8-12-17)18(2,3)14-5-9-16(20-4)10-6-14;1-12-4-6-13(7-5-12)16(2,3)14-8-10-15(17)11-9-14;4-2(5,6)11-1(10)12-3(7,8)9/h3-7,10-13,16-18H,1-2H3;1-5,8-11,14-16,23-24H;5-12H,1-4H3;4-11,17H,1-3H3;. The largest absolute Gasteiger partial charge is 0.515 e. The molecule has 0 aromatic heterocycles. The number of ether oxygens (including phenoxy) is 6. The van der Waals surface area contributed by atoms with Gasteiger partial charge in [-0.3, -0.25) is 9.59 Å². The minimum Gasteiger partial charge on any atom is -0.508 e. The minimum atomic E-state index is -2.24. The first-order chi connectivity index (χ1) is 48.3. The van der Waals surface area contributed by atoms with Crippen LogP contribution in [0, 0.1) is 54.3 Å². The molecule has 0 fully saturated rings. The van der Waals surface area contributed by atoms with E-state index in [1.807, 2.05) is 158 Å². The molecule has 0 amide bonds. The van der Waals surface area contributed by atoms with Gasteiger partial charge in [0.25, 0.3) is 0 Å². The van der Waals surface area contributed by atoms with E-state index in [1.54, 1.807) is 44.6 Å². The molecular formula is C84H70Cl6O12. The number of esters is 2. The highest BCUT2D eigenvalue weighted by atomic mass is 35.6. The topological polar surface area (TPSA) is 167 Å². The molecule has 3 N–H and O–H groups in total. The lowest BCUT2D eigenvalue weighted by molar-refractivity contribution is -0.132. The van der Waals surface area contributed by atoms with Crippen LogP contribution in [0.25, 0.3) is 0 Å². The Balaban J connectivity index is 0.000000205. The molecule has 10 rings (SSSR count). The lowest BCUT2D eigenvalue weighted by Gasteiger charge is -2.26. The molecule has 0 heterocycles. The van der Waals surface area contributed by atoms with Gasteiger partial charge in [0.2, 0.25) is 0 Å². The zero-order valence-electron chi connectivity index (χ0n) is 56.9. The van der Waals surface area contributed by atoms with E-state index < -0.39 is 14.1 Å². The van der Waals surface area contributed by atoms with E-state index >= 15 is 0 Å². The zero-order chi connectivity index (χ0) is 74.5. The fourth-order valence-electron chi connectivity index (χ4n) is 9.05. The summed E-state index contributed by atoms with van der Waals surface area (Å²) in [5.74, 6) is 26.6. The molecular weight excluding hydrogens is 1410 g/mol. The molecule has 10 aromatic rings. The lowest BCUT2D eigenvalue weighted by atomic mass is 9.78. The SMILES string of the molecule is COc1cc(C#Cc2ccc(C#Cc3ccccc3)cc2)cc(OC(C)=O)c1.COc1ccc(C(C)(C)c2ccc(OC(C)=O)cc2)cc1.Cc1ccc(C(C)(C)c2ccc(O)cc2)cc1.O=C(OC(Cl)(Cl)Cl)OC(Cl)(Cl)Cl.Oc1cc(O)cc(C#Cc2ccc(C#Cc3ccccc3)cc2)c1. The summed E-state index contributed by atoms with van der Waals surface area (Å²) in [5, 5.41) is 28.2. The molecule has 0 spiro atoms. The van der Waals surface area contributed by atoms with E-state index in [4.69, 9.17) is 88.6 Å². The van der Waals surface area contributed by atoms with Gasteiger partial charge < -0.3 is 43.7 Å². The maximum Gasteiger partial charge on any atom is 0.515 e. The molecule has 0 radical (unpaired) electrons. The van der Waals surface area contributed by atoms with Gasteiger partial charge >= 0.3 is 26.1 Å². The molecule has 0 aliphatic heterocycles. The second-order valence-electron chi connectivity index (χ2n) is 23.0. The van der Waals surface area contributed by atoms with Crippen molar-refractivity contribution in [2.24, 2.45) is 0 Å². The number of hydrogen-bond acceptors (Lipinski definition) is 12. The average Bonchev–Trinajstić information content (AvgIpc) is 0.805. The number of aromatic hydroxyl groups is 3. The number of benzene rings is 10. The third-order valence-electron chi connectivity index (χ3n) is 14.4. The van der Waals surface area contributed by atoms with Crippen LogP contribution in [-0.4, -0.2) is 55.6 Å². The highest BCUT2D eigenvalue weighted by Gasteiger charge is 2.32.